The van der Waals surface area contributed by atoms with Crippen LogP contribution < -0.4 is 11.1 Å². The van der Waals surface area contributed by atoms with Crippen molar-refractivity contribution in [1.82, 2.24) is 0 Å². The molecule has 0 heterocycles. The van der Waals surface area contributed by atoms with Gasteiger partial charge in [0.15, 0.2) is 11.6 Å². The van der Waals surface area contributed by atoms with E-state index in [1.807, 2.05) is 0 Å². The first-order valence-electron chi connectivity index (χ1n) is 5.29. The monoisotopic (exact) mass is 282 g/mol. The zero-order valence-electron chi connectivity index (χ0n) is 9.58. The highest BCUT2D eigenvalue weighted by Gasteiger charge is 2.11. The van der Waals surface area contributed by atoms with Gasteiger partial charge in [-0.25, -0.2) is 8.78 Å². The number of anilines is 2. The topological polar surface area (TPSA) is 55.1 Å². The second-order valence-electron chi connectivity index (χ2n) is 3.82. The van der Waals surface area contributed by atoms with E-state index in [4.69, 9.17) is 17.3 Å². The van der Waals surface area contributed by atoms with Crippen LogP contribution in [0.2, 0.25) is 5.02 Å². The van der Waals surface area contributed by atoms with E-state index in [1.54, 1.807) is 0 Å². The molecule has 2 aromatic carbocycles. The molecule has 3 N–H and O–H groups in total. The lowest BCUT2D eigenvalue weighted by atomic mass is 10.2. The van der Waals surface area contributed by atoms with Crippen molar-refractivity contribution >= 4 is 28.9 Å². The number of benzene rings is 2. The number of carbonyl (C=O) groups is 1. The minimum atomic E-state index is -1.04. The maximum absolute atomic E-state index is 13.0. The molecule has 2 aromatic rings. The summed E-state index contributed by atoms with van der Waals surface area (Å²) in [6.07, 6.45) is 0. The molecule has 0 atom stereocenters. The zero-order chi connectivity index (χ0) is 14.0. The van der Waals surface area contributed by atoms with E-state index in [2.05, 4.69) is 5.32 Å². The number of nitrogens with one attached hydrogen (secondary N) is 1. The number of halogens is 3. The Morgan fingerprint density at radius 3 is 2.47 bits per heavy atom. The normalized spacial score (nSPS) is 10.3. The largest absolute Gasteiger partial charge is 0.399 e. The van der Waals surface area contributed by atoms with Gasteiger partial charge in [-0.2, -0.15) is 0 Å². The van der Waals surface area contributed by atoms with Crippen LogP contribution in [-0.4, -0.2) is 5.91 Å². The SMILES string of the molecule is Nc1ccc(C(=O)Nc2ccc(F)c(F)c2)c(Cl)c1. The third kappa shape index (κ3) is 3.00. The van der Waals surface area contributed by atoms with Gasteiger partial charge in [-0.3, -0.25) is 4.79 Å². The van der Waals surface area contributed by atoms with Gasteiger partial charge in [0.05, 0.1) is 10.6 Å². The lowest BCUT2D eigenvalue weighted by Crippen LogP contribution is -2.12. The summed E-state index contributed by atoms with van der Waals surface area (Å²) in [5, 5.41) is 2.60. The molecular formula is C13H9ClF2N2O. The van der Waals surface area contributed by atoms with Crippen molar-refractivity contribution in [3.05, 3.63) is 58.6 Å². The summed E-state index contributed by atoms with van der Waals surface area (Å²) in [7, 11) is 0. The molecule has 2 rings (SSSR count). The summed E-state index contributed by atoms with van der Waals surface area (Å²) in [5.74, 6) is -2.55. The predicted octanol–water partition coefficient (Wildman–Crippen LogP) is 3.45. The smallest absolute Gasteiger partial charge is 0.257 e. The Balaban J connectivity index is 2.23. The van der Waals surface area contributed by atoms with Gasteiger partial charge < -0.3 is 11.1 Å². The lowest BCUT2D eigenvalue weighted by Gasteiger charge is -2.07. The standard InChI is InChI=1S/C13H9ClF2N2O/c14-10-5-7(17)1-3-9(10)13(19)18-8-2-4-11(15)12(16)6-8/h1-6H,17H2,(H,18,19). The first-order valence-corrected chi connectivity index (χ1v) is 5.66. The Morgan fingerprint density at radius 1 is 1.11 bits per heavy atom. The van der Waals surface area contributed by atoms with Crippen molar-refractivity contribution in [3.63, 3.8) is 0 Å². The average molecular weight is 283 g/mol. The summed E-state index contributed by atoms with van der Waals surface area (Å²) >= 11 is 5.87. The van der Waals surface area contributed by atoms with Crippen LogP contribution in [-0.2, 0) is 0 Å². The minimum absolute atomic E-state index is 0.136. The van der Waals surface area contributed by atoms with Crippen LogP contribution in [0.1, 0.15) is 10.4 Å². The Bertz CT molecular complexity index is 647. The van der Waals surface area contributed by atoms with Gasteiger partial charge in [-0.05, 0) is 30.3 Å². The summed E-state index contributed by atoms with van der Waals surface area (Å²) < 4.78 is 25.7. The number of hydrogen-bond acceptors (Lipinski definition) is 2. The van der Waals surface area contributed by atoms with Crippen LogP contribution >= 0.6 is 11.6 Å². The number of carbonyl (C=O) groups excluding carboxylic acids is 1. The highest BCUT2D eigenvalue weighted by atomic mass is 35.5. The van der Waals surface area contributed by atoms with Crippen LogP contribution in [0.15, 0.2) is 36.4 Å². The Hall–Kier alpha value is -2.14. The quantitative estimate of drug-likeness (QED) is 0.829. The fourth-order valence-electron chi connectivity index (χ4n) is 1.49. The molecule has 0 unspecified atom stereocenters. The number of nitrogens with two attached hydrogens (primary N) is 1. The van der Waals surface area contributed by atoms with Gasteiger partial charge in [0.2, 0.25) is 0 Å². The number of hydrogen-bond donors (Lipinski definition) is 2. The Labute approximate surface area is 113 Å². The molecular weight excluding hydrogens is 274 g/mol. The molecule has 0 aromatic heterocycles. The van der Waals surface area contributed by atoms with E-state index in [9.17, 15) is 13.6 Å². The Kier molecular flexibility index (Phi) is 3.66. The molecule has 1 amide bonds. The second kappa shape index (κ2) is 5.24. The van der Waals surface area contributed by atoms with Crippen molar-refractivity contribution in [1.29, 1.82) is 0 Å². The summed E-state index contributed by atoms with van der Waals surface area (Å²) in [4.78, 5) is 11.9. The van der Waals surface area contributed by atoms with E-state index >= 15 is 0 Å². The van der Waals surface area contributed by atoms with Crippen molar-refractivity contribution in [2.24, 2.45) is 0 Å². The van der Waals surface area contributed by atoms with E-state index in [1.165, 1.54) is 24.3 Å². The fourth-order valence-corrected chi connectivity index (χ4v) is 1.76. The van der Waals surface area contributed by atoms with Gasteiger partial charge in [0, 0.05) is 17.4 Å². The molecule has 0 aliphatic carbocycles. The second-order valence-corrected chi connectivity index (χ2v) is 4.23. The molecule has 0 radical (unpaired) electrons. The van der Waals surface area contributed by atoms with Gasteiger partial charge in [-0.1, -0.05) is 11.6 Å². The van der Waals surface area contributed by atoms with Gasteiger partial charge in [-0.15, -0.1) is 0 Å². The molecule has 3 nitrogen and oxygen atoms in total. The van der Waals surface area contributed by atoms with Gasteiger partial charge >= 0.3 is 0 Å². The predicted molar refractivity (Wildman–Crippen MR) is 70.2 cm³/mol. The van der Waals surface area contributed by atoms with E-state index in [-0.39, 0.29) is 16.3 Å². The van der Waals surface area contributed by atoms with Crippen LogP contribution in [0, 0.1) is 11.6 Å². The maximum Gasteiger partial charge on any atom is 0.257 e. The molecule has 0 bridgehead atoms. The molecule has 0 fully saturated rings. The summed E-state index contributed by atoms with van der Waals surface area (Å²) in [5.41, 5.74) is 6.27. The summed E-state index contributed by atoms with van der Waals surface area (Å²) in [6, 6.07) is 7.47. The highest BCUT2D eigenvalue weighted by Crippen LogP contribution is 2.21. The molecule has 0 aliphatic rings. The van der Waals surface area contributed by atoms with Crippen molar-refractivity contribution in [3.8, 4) is 0 Å². The summed E-state index contributed by atoms with van der Waals surface area (Å²) in [6.45, 7) is 0. The average Bonchev–Trinajstić information content (AvgIpc) is 2.33. The first-order chi connectivity index (χ1) is 8.97. The van der Waals surface area contributed by atoms with Crippen LogP contribution in [0.25, 0.3) is 0 Å². The lowest BCUT2D eigenvalue weighted by molar-refractivity contribution is 0.102. The van der Waals surface area contributed by atoms with Crippen LogP contribution in [0.5, 0.6) is 0 Å². The molecule has 0 aliphatic heterocycles. The highest BCUT2D eigenvalue weighted by molar-refractivity contribution is 6.34. The molecule has 6 heteroatoms. The zero-order valence-corrected chi connectivity index (χ0v) is 10.3. The molecule has 0 saturated carbocycles. The third-order valence-corrected chi connectivity index (χ3v) is 2.73. The van der Waals surface area contributed by atoms with Crippen molar-refractivity contribution in [2.75, 3.05) is 11.1 Å². The molecule has 0 spiro atoms. The number of nitrogen functional groups attached to an aromatic ring is 1. The first kappa shape index (κ1) is 13.3. The van der Waals surface area contributed by atoms with Crippen molar-refractivity contribution < 1.29 is 13.6 Å². The van der Waals surface area contributed by atoms with Crippen LogP contribution in [0.4, 0.5) is 20.2 Å². The number of rotatable bonds is 2. The van der Waals surface area contributed by atoms with Crippen LogP contribution in [0.3, 0.4) is 0 Å². The molecule has 0 saturated heterocycles. The van der Waals surface area contributed by atoms with E-state index in [0.29, 0.717) is 5.69 Å². The third-order valence-electron chi connectivity index (χ3n) is 2.42. The Morgan fingerprint density at radius 2 is 1.84 bits per heavy atom. The molecule has 98 valence electrons. The molecule has 19 heavy (non-hydrogen) atoms. The van der Waals surface area contributed by atoms with Gasteiger partial charge in [0.25, 0.3) is 5.91 Å². The minimum Gasteiger partial charge on any atom is -0.399 e. The van der Waals surface area contributed by atoms with E-state index in [0.717, 1.165) is 12.1 Å². The van der Waals surface area contributed by atoms with Crippen molar-refractivity contribution in [2.45, 2.75) is 0 Å². The van der Waals surface area contributed by atoms with Gasteiger partial charge in [0.1, 0.15) is 0 Å². The van der Waals surface area contributed by atoms with E-state index < -0.39 is 17.5 Å². The fraction of sp³-hybridized carbons (Fsp3) is 0. The number of amides is 1. The maximum atomic E-state index is 13.0.